The number of aliphatic hydroxyl groups is 2. The molecule has 2 aliphatic heterocycles. The maximum atomic E-state index is 11.6. The molecule has 0 amide bonds. The lowest BCUT2D eigenvalue weighted by molar-refractivity contribution is -0.139. The lowest BCUT2D eigenvalue weighted by Gasteiger charge is -2.22. The van der Waals surface area contributed by atoms with E-state index in [1.165, 1.54) is 103 Å². The number of hydrogen-bond acceptors (Lipinski definition) is 5. The van der Waals surface area contributed by atoms with Gasteiger partial charge in [0.05, 0.1) is 24.4 Å². The minimum absolute atomic E-state index is 0.0402. The molecule has 0 unspecified atom stereocenters. The minimum atomic E-state index is -0.424. The Hall–Kier alpha value is -1.17. The molecule has 2 heterocycles. The molecule has 5 nitrogen and oxygen atoms in total. The standard InChI is InChI=1S/C37H66O5/c1-3-4-5-6-7-8-14-17-20-23-26-33(38)35-28-29-36(42-35)34(39)27-24-21-18-15-12-10-9-11-13-16-19-22-25-32-30-31(2)41-37(32)40/h17,20,30-31,33-36,38-39H,3-16,18-19,21-29H2,1-2H3/b20-17-/t31-,33+,34-,35-,36+/m1/s1. The summed E-state index contributed by atoms with van der Waals surface area (Å²) < 4.78 is 11.2. The average molecular weight is 591 g/mol. The predicted molar refractivity (Wildman–Crippen MR) is 175 cm³/mol. The van der Waals surface area contributed by atoms with Gasteiger partial charge < -0.3 is 19.7 Å². The zero-order valence-electron chi connectivity index (χ0n) is 27.4. The SMILES string of the molecule is CCCCCCCC/C=C\CC[C@H](O)[C@H]1CC[C@@H]([C@H](O)CCCCCCCCCCCCCCC2=C[C@@H](C)OC2=O)O1. The smallest absolute Gasteiger partial charge is 0.334 e. The number of esters is 1. The first-order valence-corrected chi connectivity index (χ1v) is 18.1. The fourth-order valence-electron chi connectivity index (χ4n) is 6.42. The van der Waals surface area contributed by atoms with Crippen LogP contribution in [-0.4, -0.2) is 46.7 Å². The number of aliphatic hydroxyl groups excluding tert-OH is 2. The minimum Gasteiger partial charge on any atom is -0.455 e. The van der Waals surface area contributed by atoms with Crippen molar-refractivity contribution in [1.82, 2.24) is 0 Å². The molecule has 2 aliphatic rings. The van der Waals surface area contributed by atoms with Gasteiger partial charge in [-0.15, -0.1) is 0 Å². The molecule has 0 aromatic heterocycles. The first kappa shape index (κ1) is 37.0. The molecule has 1 saturated heterocycles. The first-order valence-electron chi connectivity index (χ1n) is 18.1. The number of carbonyl (C=O) groups is 1. The van der Waals surface area contributed by atoms with Gasteiger partial charge in [-0.2, -0.15) is 0 Å². The molecule has 0 bridgehead atoms. The molecule has 0 spiro atoms. The molecule has 5 atom stereocenters. The highest BCUT2D eigenvalue weighted by Gasteiger charge is 2.33. The summed E-state index contributed by atoms with van der Waals surface area (Å²) in [6.45, 7) is 4.18. The lowest BCUT2D eigenvalue weighted by atomic mass is 10.0. The van der Waals surface area contributed by atoms with Gasteiger partial charge in [0.25, 0.3) is 0 Å². The summed E-state index contributed by atoms with van der Waals surface area (Å²) in [7, 11) is 0. The molecule has 0 saturated carbocycles. The van der Waals surface area contributed by atoms with Crippen molar-refractivity contribution in [1.29, 1.82) is 0 Å². The molecule has 0 aliphatic carbocycles. The fraction of sp³-hybridized carbons (Fsp3) is 0.865. The normalized spacial score (nSPS) is 22.1. The van der Waals surface area contributed by atoms with Gasteiger partial charge in [-0.3, -0.25) is 0 Å². The van der Waals surface area contributed by atoms with E-state index in [0.29, 0.717) is 0 Å². The van der Waals surface area contributed by atoms with E-state index < -0.39 is 12.2 Å². The van der Waals surface area contributed by atoms with Crippen LogP contribution in [0.15, 0.2) is 23.8 Å². The molecular weight excluding hydrogens is 524 g/mol. The highest BCUT2D eigenvalue weighted by atomic mass is 16.5. The van der Waals surface area contributed by atoms with E-state index in [9.17, 15) is 15.0 Å². The summed E-state index contributed by atoms with van der Waals surface area (Å²) in [6.07, 6.45) is 34.5. The van der Waals surface area contributed by atoms with Crippen LogP contribution in [0.1, 0.15) is 174 Å². The number of cyclic esters (lactones) is 1. The van der Waals surface area contributed by atoms with Crippen molar-refractivity contribution in [2.24, 2.45) is 0 Å². The van der Waals surface area contributed by atoms with Crippen LogP contribution in [0.3, 0.4) is 0 Å². The van der Waals surface area contributed by atoms with Crippen LogP contribution in [0.4, 0.5) is 0 Å². The highest BCUT2D eigenvalue weighted by molar-refractivity contribution is 5.90. The third-order valence-electron chi connectivity index (χ3n) is 9.15. The van der Waals surface area contributed by atoms with Crippen LogP contribution in [-0.2, 0) is 14.3 Å². The van der Waals surface area contributed by atoms with Crippen LogP contribution in [0.2, 0.25) is 0 Å². The monoisotopic (exact) mass is 590 g/mol. The average Bonchev–Trinajstić information content (AvgIpc) is 3.60. The van der Waals surface area contributed by atoms with Crippen molar-refractivity contribution >= 4 is 5.97 Å². The van der Waals surface area contributed by atoms with Gasteiger partial charge >= 0.3 is 5.97 Å². The zero-order chi connectivity index (χ0) is 30.3. The summed E-state index contributed by atoms with van der Waals surface area (Å²) >= 11 is 0. The zero-order valence-corrected chi connectivity index (χ0v) is 27.4. The second-order valence-corrected chi connectivity index (χ2v) is 13.1. The van der Waals surface area contributed by atoms with E-state index in [1.54, 1.807) is 0 Å². The summed E-state index contributed by atoms with van der Waals surface area (Å²) in [6, 6.07) is 0. The Kier molecular flexibility index (Phi) is 21.3. The lowest BCUT2D eigenvalue weighted by Crippen LogP contribution is -2.30. The molecule has 1 fully saturated rings. The fourth-order valence-corrected chi connectivity index (χ4v) is 6.42. The Morgan fingerprint density at radius 1 is 0.714 bits per heavy atom. The molecular formula is C37H66O5. The molecule has 0 aromatic rings. The number of rotatable bonds is 27. The van der Waals surface area contributed by atoms with Gasteiger partial charge in [0.15, 0.2) is 0 Å². The maximum Gasteiger partial charge on any atom is 0.334 e. The van der Waals surface area contributed by atoms with Crippen molar-refractivity contribution in [3.8, 4) is 0 Å². The largest absolute Gasteiger partial charge is 0.455 e. The number of unbranched alkanes of at least 4 members (excludes halogenated alkanes) is 17. The Balaban J connectivity index is 1.34. The summed E-state index contributed by atoms with van der Waals surface area (Å²) in [5.74, 6) is -0.112. The Labute approximate surface area is 258 Å². The predicted octanol–water partition coefficient (Wildman–Crippen LogP) is 9.68. The van der Waals surface area contributed by atoms with Gasteiger partial charge in [0, 0.05) is 5.57 Å². The number of allylic oxidation sites excluding steroid dienone is 2. The Morgan fingerprint density at radius 3 is 1.79 bits per heavy atom. The molecule has 0 radical (unpaired) electrons. The van der Waals surface area contributed by atoms with Gasteiger partial charge in [-0.25, -0.2) is 4.79 Å². The quantitative estimate of drug-likeness (QED) is 0.0566. The number of ether oxygens (including phenoxy) is 2. The summed E-state index contributed by atoms with van der Waals surface area (Å²) in [4.78, 5) is 11.6. The van der Waals surface area contributed by atoms with Gasteiger partial charge in [0.2, 0.25) is 0 Å². The molecule has 5 heteroatoms. The van der Waals surface area contributed by atoms with Crippen molar-refractivity contribution in [3.63, 3.8) is 0 Å². The second-order valence-electron chi connectivity index (χ2n) is 13.1. The summed E-state index contributed by atoms with van der Waals surface area (Å²) in [5.41, 5.74) is 0.875. The van der Waals surface area contributed by atoms with Crippen molar-refractivity contribution < 1.29 is 24.5 Å². The van der Waals surface area contributed by atoms with Crippen molar-refractivity contribution in [3.05, 3.63) is 23.8 Å². The third kappa shape index (κ3) is 17.2. The van der Waals surface area contributed by atoms with Crippen LogP contribution < -0.4 is 0 Å². The van der Waals surface area contributed by atoms with Gasteiger partial charge in [-0.1, -0.05) is 122 Å². The Morgan fingerprint density at radius 2 is 1.21 bits per heavy atom. The van der Waals surface area contributed by atoms with Crippen LogP contribution >= 0.6 is 0 Å². The summed E-state index contributed by atoms with van der Waals surface area (Å²) in [5, 5.41) is 21.2. The van der Waals surface area contributed by atoms with E-state index in [1.807, 2.05) is 13.0 Å². The number of carbonyl (C=O) groups excluding carboxylic acids is 1. The molecule has 244 valence electrons. The molecule has 0 aromatic carbocycles. The van der Waals surface area contributed by atoms with Gasteiger partial charge in [-0.05, 0) is 70.8 Å². The van der Waals surface area contributed by atoms with E-state index in [0.717, 1.165) is 63.4 Å². The van der Waals surface area contributed by atoms with E-state index in [2.05, 4.69) is 19.1 Å². The van der Waals surface area contributed by atoms with Crippen molar-refractivity contribution in [2.45, 2.75) is 205 Å². The molecule has 2 N–H and O–H groups in total. The first-order chi connectivity index (χ1) is 20.5. The molecule has 42 heavy (non-hydrogen) atoms. The highest BCUT2D eigenvalue weighted by Crippen LogP contribution is 2.28. The van der Waals surface area contributed by atoms with Crippen LogP contribution in [0, 0.1) is 0 Å². The van der Waals surface area contributed by atoms with Crippen molar-refractivity contribution in [2.75, 3.05) is 0 Å². The van der Waals surface area contributed by atoms with E-state index in [-0.39, 0.29) is 24.3 Å². The maximum absolute atomic E-state index is 11.6. The second kappa shape index (κ2) is 24.2. The third-order valence-corrected chi connectivity index (χ3v) is 9.15. The van der Waals surface area contributed by atoms with Crippen LogP contribution in [0.5, 0.6) is 0 Å². The van der Waals surface area contributed by atoms with E-state index >= 15 is 0 Å². The molecule has 2 rings (SSSR count). The van der Waals surface area contributed by atoms with E-state index in [4.69, 9.17) is 9.47 Å². The van der Waals surface area contributed by atoms with Gasteiger partial charge in [0.1, 0.15) is 6.10 Å². The van der Waals surface area contributed by atoms with Crippen LogP contribution in [0.25, 0.3) is 0 Å². The number of hydrogen-bond donors (Lipinski definition) is 2. The topological polar surface area (TPSA) is 76.0 Å². The Bertz CT molecular complexity index is 732.